The van der Waals surface area contributed by atoms with Crippen LogP contribution >= 0.6 is 0 Å². The van der Waals surface area contributed by atoms with Gasteiger partial charge in [-0.15, -0.1) is 0 Å². The molecule has 0 fully saturated rings. The molecule has 0 aromatic heterocycles. The van der Waals surface area contributed by atoms with Crippen molar-refractivity contribution < 1.29 is 23.9 Å². The van der Waals surface area contributed by atoms with Crippen LogP contribution in [0.1, 0.15) is 85.0 Å². The molecule has 0 aromatic carbocycles. The molecule has 0 bridgehead atoms. The fourth-order valence-electron chi connectivity index (χ4n) is 3.82. The molecule has 0 radical (unpaired) electrons. The Morgan fingerprint density at radius 2 is 1.47 bits per heavy atom. The molecule has 0 saturated heterocycles. The van der Waals surface area contributed by atoms with Crippen LogP contribution in [0.15, 0.2) is 0 Å². The standard InChI is InChI=1S/C25H51N3O4/c1-7-8-9-11-14-17-32-18-15-12-10-13-16-26-25(31)27-23(20-28(4,5)6)22(24(29)30)19-21(2)3/h21-23H,7-20H2,1-6H3,(H2-,26,27,29,30,31)/p+1/t22-,23?/m1/s1. The molecule has 190 valence electrons. The lowest BCUT2D eigenvalue weighted by Gasteiger charge is -2.33. The Labute approximate surface area is 197 Å². The Morgan fingerprint density at radius 1 is 0.906 bits per heavy atom. The Bertz CT molecular complexity index is 492. The van der Waals surface area contributed by atoms with Gasteiger partial charge in [-0.25, -0.2) is 4.79 Å². The van der Waals surface area contributed by atoms with E-state index in [1.54, 1.807) is 0 Å². The maximum atomic E-state index is 12.4. The van der Waals surface area contributed by atoms with Gasteiger partial charge >= 0.3 is 12.0 Å². The zero-order chi connectivity index (χ0) is 24.4. The third kappa shape index (κ3) is 18.3. The molecule has 0 aliphatic carbocycles. The van der Waals surface area contributed by atoms with Crippen LogP contribution < -0.4 is 10.6 Å². The maximum Gasteiger partial charge on any atom is 0.315 e. The minimum absolute atomic E-state index is 0.251. The van der Waals surface area contributed by atoms with Gasteiger partial charge in [0.2, 0.25) is 0 Å². The average molecular weight is 459 g/mol. The summed E-state index contributed by atoms with van der Waals surface area (Å²) >= 11 is 0. The second-order valence-corrected chi connectivity index (χ2v) is 10.5. The minimum Gasteiger partial charge on any atom is -0.481 e. The van der Waals surface area contributed by atoms with Gasteiger partial charge in [-0.2, -0.15) is 0 Å². The zero-order valence-electron chi connectivity index (χ0n) is 21.8. The summed E-state index contributed by atoms with van der Waals surface area (Å²) in [6.07, 6.45) is 11.0. The van der Waals surface area contributed by atoms with E-state index >= 15 is 0 Å². The summed E-state index contributed by atoms with van der Waals surface area (Å²) in [7, 11) is 6.03. The van der Waals surface area contributed by atoms with Crippen LogP contribution in [0.2, 0.25) is 0 Å². The lowest BCUT2D eigenvalue weighted by atomic mass is 9.89. The molecule has 0 spiro atoms. The lowest BCUT2D eigenvalue weighted by Crippen LogP contribution is -2.56. The molecule has 32 heavy (non-hydrogen) atoms. The van der Waals surface area contributed by atoms with Gasteiger partial charge in [-0.1, -0.05) is 59.3 Å². The van der Waals surface area contributed by atoms with Crippen molar-refractivity contribution in [2.24, 2.45) is 11.8 Å². The number of carboxylic acid groups (broad SMARTS) is 1. The first-order valence-corrected chi connectivity index (χ1v) is 12.7. The van der Waals surface area contributed by atoms with Crippen molar-refractivity contribution in [1.82, 2.24) is 10.6 Å². The molecule has 0 aliphatic rings. The first kappa shape index (κ1) is 30.7. The predicted octanol–water partition coefficient (Wildman–Crippen LogP) is 4.65. The van der Waals surface area contributed by atoms with Gasteiger partial charge in [0.1, 0.15) is 0 Å². The van der Waals surface area contributed by atoms with E-state index in [0.717, 1.165) is 45.3 Å². The van der Waals surface area contributed by atoms with E-state index < -0.39 is 17.9 Å². The number of carbonyl (C=O) groups excluding carboxylic acids is 1. The number of hydrogen-bond acceptors (Lipinski definition) is 3. The molecule has 3 N–H and O–H groups in total. The van der Waals surface area contributed by atoms with Crippen LogP contribution in [0.3, 0.4) is 0 Å². The number of amides is 2. The first-order chi connectivity index (χ1) is 15.1. The Kier molecular flexibility index (Phi) is 17.4. The Hall–Kier alpha value is -1.34. The highest BCUT2D eigenvalue weighted by Gasteiger charge is 2.34. The number of rotatable bonds is 20. The highest BCUT2D eigenvalue weighted by Crippen LogP contribution is 2.18. The van der Waals surface area contributed by atoms with Crippen LogP contribution in [-0.4, -0.2) is 75.1 Å². The second kappa shape index (κ2) is 18.1. The molecule has 7 heteroatoms. The number of hydrogen-bond donors (Lipinski definition) is 3. The average Bonchev–Trinajstić information content (AvgIpc) is 2.67. The van der Waals surface area contributed by atoms with Gasteiger partial charge in [0.15, 0.2) is 0 Å². The summed E-state index contributed by atoms with van der Waals surface area (Å²) in [4.78, 5) is 24.3. The molecule has 0 saturated carbocycles. The predicted molar refractivity (Wildman–Crippen MR) is 132 cm³/mol. The second-order valence-electron chi connectivity index (χ2n) is 10.5. The van der Waals surface area contributed by atoms with Crippen molar-refractivity contribution in [2.75, 3.05) is 47.4 Å². The number of likely N-dealkylation sites (N-methyl/N-ethyl adjacent to an activating group) is 1. The van der Waals surface area contributed by atoms with E-state index in [2.05, 4.69) is 17.6 Å². The molecule has 2 amide bonds. The fourth-order valence-corrected chi connectivity index (χ4v) is 3.82. The van der Waals surface area contributed by atoms with E-state index in [-0.39, 0.29) is 11.9 Å². The number of unbranched alkanes of at least 4 members (excludes halogenated alkanes) is 7. The highest BCUT2D eigenvalue weighted by molar-refractivity contribution is 5.76. The highest BCUT2D eigenvalue weighted by atomic mass is 16.5. The summed E-state index contributed by atoms with van der Waals surface area (Å²) < 4.78 is 6.27. The number of carboxylic acids is 1. The van der Waals surface area contributed by atoms with Gasteiger partial charge in [0.05, 0.1) is 39.6 Å². The number of ether oxygens (including phenoxy) is 1. The maximum absolute atomic E-state index is 12.4. The number of urea groups is 1. The molecular formula is C25H52N3O4+. The third-order valence-electron chi connectivity index (χ3n) is 5.48. The van der Waals surface area contributed by atoms with Gasteiger partial charge in [0.25, 0.3) is 0 Å². The summed E-state index contributed by atoms with van der Waals surface area (Å²) in [6.45, 7) is 9.10. The summed E-state index contributed by atoms with van der Waals surface area (Å²) in [5.41, 5.74) is 0. The van der Waals surface area contributed by atoms with Gasteiger partial charge in [0, 0.05) is 19.8 Å². The quantitative estimate of drug-likeness (QED) is 0.183. The van der Waals surface area contributed by atoms with Crippen molar-refractivity contribution in [3.8, 4) is 0 Å². The topological polar surface area (TPSA) is 87.7 Å². The number of quaternary nitrogens is 1. The van der Waals surface area contributed by atoms with Crippen LogP contribution in [0.5, 0.6) is 0 Å². The number of nitrogens with one attached hydrogen (secondary N) is 2. The van der Waals surface area contributed by atoms with Gasteiger partial charge in [-0.3, -0.25) is 4.79 Å². The van der Waals surface area contributed by atoms with E-state index in [4.69, 9.17) is 4.74 Å². The van der Waals surface area contributed by atoms with Crippen LogP contribution in [-0.2, 0) is 9.53 Å². The van der Waals surface area contributed by atoms with Crippen LogP contribution in [0.25, 0.3) is 0 Å². The molecule has 1 unspecified atom stereocenters. The Morgan fingerprint density at radius 3 is 1.97 bits per heavy atom. The molecular weight excluding hydrogens is 406 g/mol. The summed E-state index contributed by atoms with van der Waals surface area (Å²) in [5.74, 6) is -1.19. The van der Waals surface area contributed by atoms with E-state index in [0.29, 0.717) is 24.0 Å². The van der Waals surface area contributed by atoms with Gasteiger partial charge in [-0.05, 0) is 31.6 Å². The molecule has 0 rings (SSSR count). The molecule has 2 atom stereocenters. The normalized spacial score (nSPS) is 13.7. The van der Waals surface area contributed by atoms with E-state index in [1.807, 2.05) is 35.0 Å². The van der Waals surface area contributed by atoms with Crippen molar-refractivity contribution in [1.29, 1.82) is 0 Å². The van der Waals surface area contributed by atoms with E-state index in [1.165, 1.54) is 25.7 Å². The number of nitrogens with zero attached hydrogens (tertiary/aromatic N) is 1. The van der Waals surface area contributed by atoms with Crippen LogP contribution in [0, 0.1) is 11.8 Å². The van der Waals surface area contributed by atoms with Crippen molar-refractivity contribution in [3.05, 3.63) is 0 Å². The van der Waals surface area contributed by atoms with Crippen molar-refractivity contribution >= 4 is 12.0 Å². The zero-order valence-corrected chi connectivity index (χ0v) is 21.8. The van der Waals surface area contributed by atoms with Gasteiger partial charge < -0.3 is 25.0 Å². The van der Waals surface area contributed by atoms with Crippen molar-refractivity contribution in [2.45, 2.75) is 91.0 Å². The SMILES string of the molecule is CCCCCCCOCCCCCCNC(=O)NC(C[N+](C)(C)C)[C@@H](CC(C)C)C(=O)O. The molecule has 0 aliphatic heterocycles. The molecule has 0 aromatic rings. The number of carbonyl (C=O) groups is 2. The fraction of sp³-hybridized carbons (Fsp3) is 0.920. The van der Waals surface area contributed by atoms with Crippen LogP contribution in [0.4, 0.5) is 4.79 Å². The van der Waals surface area contributed by atoms with E-state index in [9.17, 15) is 14.7 Å². The largest absolute Gasteiger partial charge is 0.481 e. The number of aliphatic carboxylic acids is 1. The minimum atomic E-state index is -0.847. The molecule has 0 heterocycles. The first-order valence-electron chi connectivity index (χ1n) is 12.7. The summed E-state index contributed by atoms with van der Waals surface area (Å²) in [5, 5.41) is 15.5. The monoisotopic (exact) mass is 458 g/mol. The third-order valence-corrected chi connectivity index (χ3v) is 5.48. The molecule has 7 nitrogen and oxygen atoms in total. The van der Waals surface area contributed by atoms with Crippen molar-refractivity contribution in [3.63, 3.8) is 0 Å². The summed E-state index contributed by atoms with van der Waals surface area (Å²) in [6, 6.07) is -0.682. The lowest BCUT2D eigenvalue weighted by molar-refractivity contribution is -0.871. The Balaban J connectivity index is 4.09. The smallest absolute Gasteiger partial charge is 0.315 e.